The lowest BCUT2D eigenvalue weighted by molar-refractivity contribution is 0.253. The van der Waals surface area contributed by atoms with Crippen LogP contribution < -0.4 is 14.2 Å². The Balaban J connectivity index is 3.09. The summed E-state index contributed by atoms with van der Waals surface area (Å²) in [5.74, 6) is 0.895. The van der Waals surface area contributed by atoms with Gasteiger partial charge >= 0.3 is 0 Å². The second-order valence-electron chi connectivity index (χ2n) is 4.38. The number of rotatable bonds is 9. The van der Waals surface area contributed by atoms with Crippen molar-refractivity contribution in [2.75, 3.05) is 19.8 Å². The molecule has 21 heavy (non-hydrogen) atoms. The second kappa shape index (κ2) is 8.21. The van der Waals surface area contributed by atoms with Crippen LogP contribution in [-0.4, -0.2) is 39.4 Å². The van der Waals surface area contributed by atoms with Crippen molar-refractivity contribution in [2.24, 2.45) is 0 Å². The molecule has 0 aromatic heterocycles. The fraction of sp³-hybridized carbons (Fsp3) is 0.571. The minimum absolute atomic E-state index is 0.0845. The molecule has 0 spiro atoms. The normalized spacial score (nSPS) is 13.0. The standard InChI is InChI=1S/C14H23NO5S/c1-4-11(10-16)15-21(17,18)12-7-8-13(19-5-2)14(9-12)20-6-3/h7-9,11,15-16H,4-6,10H2,1-3H3. The molecule has 0 radical (unpaired) electrons. The van der Waals surface area contributed by atoms with Crippen LogP contribution in [-0.2, 0) is 10.0 Å². The molecular formula is C14H23NO5S. The Kier molecular flexibility index (Phi) is 6.94. The van der Waals surface area contributed by atoms with Gasteiger partial charge in [0.25, 0.3) is 0 Å². The zero-order valence-electron chi connectivity index (χ0n) is 12.6. The van der Waals surface area contributed by atoms with Crippen LogP contribution in [0.4, 0.5) is 0 Å². The number of aliphatic hydroxyl groups excluding tert-OH is 1. The molecule has 0 aliphatic rings. The zero-order chi connectivity index (χ0) is 15.9. The first-order valence-corrected chi connectivity index (χ1v) is 8.49. The average Bonchev–Trinajstić information content (AvgIpc) is 2.47. The molecule has 1 atom stereocenters. The predicted molar refractivity (Wildman–Crippen MR) is 80.3 cm³/mol. The number of sulfonamides is 1. The largest absolute Gasteiger partial charge is 0.490 e. The van der Waals surface area contributed by atoms with Gasteiger partial charge in [-0.1, -0.05) is 6.92 Å². The molecule has 0 aliphatic carbocycles. The van der Waals surface area contributed by atoms with Gasteiger partial charge in [-0.05, 0) is 32.4 Å². The number of nitrogens with one attached hydrogen (secondary N) is 1. The van der Waals surface area contributed by atoms with E-state index >= 15 is 0 Å². The van der Waals surface area contributed by atoms with Crippen LogP contribution in [0.2, 0.25) is 0 Å². The Hall–Kier alpha value is -1.31. The van der Waals surface area contributed by atoms with Crippen molar-refractivity contribution < 1.29 is 23.0 Å². The maximum atomic E-state index is 12.3. The Morgan fingerprint density at radius 3 is 2.29 bits per heavy atom. The highest BCUT2D eigenvalue weighted by Gasteiger charge is 2.20. The first kappa shape index (κ1) is 17.7. The summed E-state index contributed by atoms with van der Waals surface area (Å²) in [6, 6.07) is 3.96. The van der Waals surface area contributed by atoms with Gasteiger partial charge in [0.1, 0.15) is 0 Å². The van der Waals surface area contributed by atoms with Crippen LogP contribution in [0.25, 0.3) is 0 Å². The molecule has 6 nitrogen and oxygen atoms in total. The molecule has 1 aromatic carbocycles. The molecule has 0 bridgehead atoms. The van der Waals surface area contributed by atoms with Gasteiger partial charge in [-0.25, -0.2) is 13.1 Å². The third-order valence-electron chi connectivity index (χ3n) is 2.86. The van der Waals surface area contributed by atoms with Crippen molar-refractivity contribution in [3.8, 4) is 11.5 Å². The minimum atomic E-state index is -3.70. The summed E-state index contributed by atoms with van der Waals surface area (Å²) in [5.41, 5.74) is 0. The van der Waals surface area contributed by atoms with Crippen molar-refractivity contribution in [3.05, 3.63) is 18.2 Å². The zero-order valence-corrected chi connectivity index (χ0v) is 13.4. The summed E-state index contributed by atoms with van der Waals surface area (Å²) < 4.78 is 37.8. The number of hydrogen-bond acceptors (Lipinski definition) is 5. The number of ether oxygens (including phenoxy) is 2. The van der Waals surface area contributed by atoms with Gasteiger partial charge < -0.3 is 14.6 Å². The molecule has 7 heteroatoms. The van der Waals surface area contributed by atoms with Crippen LogP contribution in [0.1, 0.15) is 27.2 Å². The molecule has 0 amide bonds. The molecule has 0 fully saturated rings. The SMILES string of the molecule is CCOc1ccc(S(=O)(=O)NC(CC)CO)cc1OCC. The van der Waals surface area contributed by atoms with Gasteiger partial charge in [0.2, 0.25) is 10.0 Å². The Morgan fingerprint density at radius 2 is 1.76 bits per heavy atom. The third kappa shape index (κ3) is 4.87. The van der Waals surface area contributed by atoms with E-state index in [-0.39, 0.29) is 11.5 Å². The van der Waals surface area contributed by atoms with Gasteiger partial charge in [-0.15, -0.1) is 0 Å². The van der Waals surface area contributed by atoms with Gasteiger partial charge in [-0.2, -0.15) is 0 Å². The van der Waals surface area contributed by atoms with Crippen LogP contribution >= 0.6 is 0 Å². The monoisotopic (exact) mass is 317 g/mol. The van der Waals surface area contributed by atoms with Crippen molar-refractivity contribution in [2.45, 2.75) is 38.1 Å². The fourth-order valence-corrected chi connectivity index (χ4v) is 3.06. The van der Waals surface area contributed by atoms with E-state index in [1.54, 1.807) is 13.0 Å². The summed E-state index contributed by atoms with van der Waals surface area (Å²) in [5, 5.41) is 9.12. The molecule has 1 rings (SSSR count). The van der Waals surface area contributed by atoms with E-state index in [9.17, 15) is 8.42 Å². The number of hydrogen-bond donors (Lipinski definition) is 2. The van der Waals surface area contributed by atoms with E-state index < -0.39 is 16.1 Å². The maximum Gasteiger partial charge on any atom is 0.241 e. The second-order valence-corrected chi connectivity index (χ2v) is 6.10. The summed E-state index contributed by atoms with van der Waals surface area (Å²) in [4.78, 5) is 0.0845. The van der Waals surface area contributed by atoms with Crippen molar-refractivity contribution in [1.82, 2.24) is 4.72 Å². The topological polar surface area (TPSA) is 84.9 Å². The van der Waals surface area contributed by atoms with Crippen LogP contribution in [0.15, 0.2) is 23.1 Å². The Bertz CT molecular complexity index is 540. The number of benzene rings is 1. The Morgan fingerprint density at radius 1 is 1.14 bits per heavy atom. The van der Waals surface area contributed by atoms with Crippen molar-refractivity contribution in [3.63, 3.8) is 0 Å². The summed E-state index contributed by atoms with van der Waals surface area (Å²) >= 11 is 0. The first-order chi connectivity index (χ1) is 9.98. The quantitative estimate of drug-likeness (QED) is 0.721. The van der Waals surface area contributed by atoms with Crippen LogP contribution in [0, 0.1) is 0 Å². The van der Waals surface area contributed by atoms with E-state index in [1.807, 2.05) is 13.8 Å². The van der Waals surface area contributed by atoms with E-state index in [4.69, 9.17) is 14.6 Å². The van der Waals surface area contributed by atoms with E-state index in [0.717, 1.165) is 0 Å². The lowest BCUT2D eigenvalue weighted by atomic mass is 10.3. The summed E-state index contributed by atoms with van der Waals surface area (Å²) in [7, 11) is -3.70. The summed E-state index contributed by atoms with van der Waals surface area (Å²) in [6.45, 7) is 6.08. The molecule has 0 saturated heterocycles. The molecule has 0 heterocycles. The Labute approximate surface area is 126 Å². The maximum absolute atomic E-state index is 12.3. The smallest absolute Gasteiger partial charge is 0.241 e. The molecule has 120 valence electrons. The predicted octanol–water partition coefficient (Wildman–Crippen LogP) is 1.53. The van der Waals surface area contributed by atoms with Crippen molar-refractivity contribution >= 4 is 10.0 Å². The number of aliphatic hydroxyl groups is 1. The molecule has 1 aromatic rings. The summed E-state index contributed by atoms with van der Waals surface area (Å²) in [6.07, 6.45) is 0.505. The first-order valence-electron chi connectivity index (χ1n) is 7.01. The average molecular weight is 317 g/mol. The third-order valence-corrected chi connectivity index (χ3v) is 4.38. The van der Waals surface area contributed by atoms with E-state index in [0.29, 0.717) is 31.1 Å². The van der Waals surface area contributed by atoms with Gasteiger partial charge in [-0.3, -0.25) is 0 Å². The molecule has 0 saturated carbocycles. The lowest BCUT2D eigenvalue weighted by Crippen LogP contribution is -2.36. The fourth-order valence-electron chi connectivity index (χ4n) is 1.74. The van der Waals surface area contributed by atoms with E-state index in [2.05, 4.69) is 4.72 Å². The highest BCUT2D eigenvalue weighted by atomic mass is 32.2. The lowest BCUT2D eigenvalue weighted by Gasteiger charge is -2.16. The molecule has 0 aliphatic heterocycles. The van der Waals surface area contributed by atoms with Gasteiger partial charge in [0, 0.05) is 12.1 Å². The minimum Gasteiger partial charge on any atom is -0.490 e. The highest BCUT2D eigenvalue weighted by Crippen LogP contribution is 2.30. The molecule has 2 N–H and O–H groups in total. The van der Waals surface area contributed by atoms with Gasteiger partial charge in [0.05, 0.1) is 24.7 Å². The highest BCUT2D eigenvalue weighted by molar-refractivity contribution is 7.89. The van der Waals surface area contributed by atoms with Crippen molar-refractivity contribution in [1.29, 1.82) is 0 Å². The van der Waals surface area contributed by atoms with Gasteiger partial charge in [0.15, 0.2) is 11.5 Å². The van der Waals surface area contributed by atoms with Crippen LogP contribution in [0.5, 0.6) is 11.5 Å². The van der Waals surface area contributed by atoms with E-state index in [1.165, 1.54) is 12.1 Å². The molecule has 1 unspecified atom stereocenters. The molecular weight excluding hydrogens is 294 g/mol. The van der Waals surface area contributed by atoms with Crippen LogP contribution in [0.3, 0.4) is 0 Å².